The van der Waals surface area contributed by atoms with Crippen LogP contribution in [0.25, 0.3) is 11.5 Å². The standard InChI is InChI=1S/C18H24N4O3/c1-2-8-20-15(3-1)17-21-16(25-22-17)4-9-19-14-5-10-24-18(13-14)6-11-23-12-7-18/h1-3,8,14,19H,4-7,9-13H2/t14-/m1/s1. The summed E-state index contributed by atoms with van der Waals surface area (Å²) >= 11 is 0. The number of hydrogen-bond acceptors (Lipinski definition) is 7. The molecule has 2 saturated heterocycles. The third-order valence-corrected chi connectivity index (χ3v) is 5.03. The van der Waals surface area contributed by atoms with Crippen molar-refractivity contribution in [3.05, 3.63) is 30.3 Å². The Kier molecular flexibility index (Phi) is 5.05. The molecule has 7 nitrogen and oxygen atoms in total. The van der Waals surface area contributed by atoms with Crippen molar-refractivity contribution in [3.63, 3.8) is 0 Å². The Bertz CT molecular complexity index is 664. The quantitative estimate of drug-likeness (QED) is 0.888. The van der Waals surface area contributed by atoms with E-state index in [1.165, 1.54) is 0 Å². The van der Waals surface area contributed by atoms with Crippen molar-refractivity contribution >= 4 is 0 Å². The zero-order chi connectivity index (χ0) is 17.0. The van der Waals surface area contributed by atoms with E-state index in [4.69, 9.17) is 14.0 Å². The minimum Gasteiger partial charge on any atom is -0.381 e. The predicted octanol–water partition coefficient (Wildman–Crippen LogP) is 1.99. The van der Waals surface area contributed by atoms with E-state index < -0.39 is 0 Å². The number of rotatable bonds is 5. The van der Waals surface area contributed by atoms with Crippen LogP contribution in [0.3, 0.4) is 0 Å². The van der Waals surface area contributed by atoms with Gasteiger partial charge in [-0.25, -0.2) is 0 Å². The van der Waals surface area contributed by atoms with Crippen LogP contribution in [-0.4, -0.2) is 53.1 Å². The summed E-state index contributed by atoms with van der Waals surface area (Å²) in [6.45, 7) is 3.26. The van der Waals surface area contributed by atoms with Gasteiger partial charge in [0.15, 0.2) is 0 Å². The van der Waals surface area contributed by atoms with Gasteiger partial charge in [-0.15, -0.1) is 0 Å². The maximum absolute atomic E-state index is 6.09. The second-order valence-corrected chi connectivity index (χ2v) is 6.76. The molecule has 2 aliphatic rings. The normalized spacial score (nSPS) is 23.0. The molecule has 1 spiro atoms. The maximum Gasteiger partial charge on any atom is 0.228 e. The van der Waals surface area contributed by atoms with Gasteiger partial charge in [0.2, 0.25) is 11.7 Å². The van der Waals surface area contributed by atoms with Crippen LogP contribution in [0, 0.1) is 0 Å². The predicted molar refractivity (Wildman–Crippen MR) is 91.0 cm³/mol. The van der Waals surface area contributed by atoms with Crippen LogP contribution < -0.4 is 5.32 Å². The molecule has 134 valence electrons. The minimum atomic E-state index is 0.0187. The van der Waals surface area contributed by atoms with Crippen molar-refractivity contribution in [3.8, 4) is 11.5 Å². The van der Waals surface area contributed by atoms with E-state index in [1.54, 1.807) is 6.20 Å². The summed E-state index contributed by atoms with van der Waals surface area (Å²) in [7, 11) is 0. The average Bonchev–Trinajstić information content (AvgIpc) is 3.12. The van der Waals surface area contributed by atoms with E-state index in [2.05, 4.69) is 20.4 Å². The summed E-state index contributed by atoms with van der Waals surface area (Å²) in [5.41, 5.74) is 0.751. The summed E-state index contributed by atoms with van der Waals surface area (Å²) in [4.78, 5) is 8.66. The monoisotopic (exact) mass is 344 g/mol. The van der Waals surface area contributed by atoms with Gasteiger partial charge in [0, 0.05) is 45.0 Å². The molecular formula is C18H24N4O3. The van der Waals surface area contributed by atoms with Gasteiger partial charge < -0.3 is 19.3 Å². The Balaban J connectivity index is 1.27. The third-order valence-electron chi connectivity index (χ3n) is 5.03. The Morgan fingerprint density at radius 3 is 2.96 bits per heavy atom. The van der Waals surface area contributed by atoms with Crippen LogP contribution in [0.5, 0.6) is 0 Å². The van der Waals surface area contributed by atoms with E-state index in [0.29, 0.717) is 24.2 Å². The Hall–Kier alpha value is -1.83. The summed E-state index contributed by atoms with van der Waals surface area (Å²) < 4.78 is 16.9. The van der Waals surface area contributed by atoms with Gasteiger partial charge in [0.1, 0.15) is 5.69 Å². The third kappa shape index (κ3) is 4.05. The molecule has 0 bridgehead atoms. The number of ether oxygens (including phenoxy) is 2. The molecule has 0 aliphatic carbocycles. The molecule has 1 atom stereocenters. The van der Waals surface area contributed by atoms with E-state index >= 15 is 0 Å². The highest BCUT2D eigenvalue weighted by molar-refractivity contribution is 5.46. The van der Waals surface area contributed by atoms with Gasteiger partial charge in [-0.3, -0.25) is 4.98 Å². The van der Waals surface area contributed by atoms with Gasteiger partial charge in [-0.05, 0) is 37.8 Å². The molecule has 4 rings (SSSR count). The zero-order valence-corrected chi connectivity index (χ0v) is 14.3. The fraction of sp³-hybridized carbons (Fsp3) is 0.611. The second-order valence-electron chi connectivity index (χ2n) is 6.76. The molecule has 0 unspecified atom stereocenters. The highest BCUT2D eigenvalue weighted by Gasteiger charge is 2.38. The van der Waals surface area contributed by atoms with Crippen LogP contribution >= 0.6 is 0 Å². The van der Waals surface area contributed by atoms with Crippen molar-refractivity contribution in [2.24, 2.45) is 0 Å². The molecule has 2 aliphatic heterocycles. The lowest BCUT2D eigenvalue weighted by atomic mass is 9.84. The van der Waals surface area contributed by atoms with Crippen molar-refractivity contribution in [2.75, 3.05) is 26.4 Å². The lowest BCUT2D eigenvalue weighted by Gasteiger charge is -2.43. The fourth-order valence-electron chi connectivity index (χ4n) is 3.63. The molecule has 7 heteroatoms. The van der Waals surface area contributed by atoms with Crippen LogP contribution in [0.15, 0.2) is 28.9 Å². The van der Waals surface area contributed by atoms with Crippen molar-refractivity contribution in [2.45, 2.75) is 43.7 Å². The molecule has 0 amide bonds. The van der Waals surface area contributed by atoms with E-state index in [9.17, 15) is 0 Å². The number of pyridine rings is 1. The molecule has 1 N–H and O–H groups in total. The van der Waals surface area contributed by atoms with Gasteiger partial charge in [0.05, 0.1) is 5.60 Å². The molecular weight excluding hydrogens is 320 g/mol. The first-order valence-corrected chi connectivity index (χ1v) is 9.02. The summed E-state index contributed by atoms with van der Waals surface area (Å²) in [6.07, 6.45) is 6.55. The molecule has 25 heavy (non-hydrogen) atoms. The molecule has 0 radical (unpaired) electrons. The maximum atomic E-state index is 6.09. The highest BCUT2D eigenvalue weighted by Crippen LogP contribution is 2.34. The van der Waals surface area contributed by atoms with E-state index in [1.807, 2.05) is 18.2 Å². The van der Waals surface area contributed by atoms with Gasteiger partial charge in [0.25, 0.3) is 0 Å². The molecule has 2 aromatic rings. The van der Waals surface area contributed by atoms with Crippen LogP contribution in [0.4, 0.5) is 0 Å². The highest BCUT2D eigenvalue weighted by atomic mass is 16.5. The fourth-order valence-corrected chi connectivity index (χ4v) is 3.63. The van der Waals surface area contributed by atoms with Crippen LogP contribution in [0.1, 0.15) is 31.6 Å². The second kappa shape index (κ2) is 7.59. The summed E-state index contributed by atoms with van der Waals surface area (Å²) in [5.74, 6) is 1.18. The Morgan fingerprint density at radius 2 is 2.12 bits per heavy atom. The molecule has 0 saturated carbocycles. The molecule has 2 fully saturated rings. The van der Waals surface area contributed by atoms with Crippen molar-refractivity contribution in [1.29, 1.82) is 0 Å². The summed E-state index contributed by atoms with van der Waals surface area (Å²) in [5, 5.41) is 7.64. The number of nitrogens with zero attached hydrogens (tertiary/aromatic N) is 3. The van der Waals surface area contributed by atoms with Crippen LogP contribution in [0.2, 0.25) is 0 Å². The van der Waals surface area contributed by atoms with Crippen molar-refractivity contribution < 1.29 is 14.0 Å². The van der Waals surface area contributed by atoms with Crippen molar-refractivity contribution in [1.82, 2.24) is 20.4 Å². The first-order valence-electron chi connectivity index (χ1n) is 9.02. The van der Waals surface area contributed by atoms with Crippen LogP contribution in [-0.2, 0) is 15.9 Å². The topological polar surface area (TPSA) is 82.3 Å². The molecule has 0 aromatic carbocycles. The first-order chi connectivity index (χ1) is 12.3. The number of hydrogen-bond donors (Lipinski definition) is 1. The summed E-state index contributed by atoms with van der Waals surface area (Å²) in [6, 6.07) is 6.14. The number of aromatic nitrogens is 3. The largest absolute Gasteiger partial charge is 0.381 e. The van der Waals surface area contributed by atoms with E-state index in [0.717, 1.165) is 57.7 Å². The SMILES string of the molecule is c1ccc(-c2noc(CCN[C@@H]3CCOC4(CCOCC4)C3)n2)nc1. The lowest BCUT2D eigenvalue weighted by Crippen LogP contribution is -2.50. The average molecular weight is 344 g/mol. The number of nitrogens with one attached hydrogen (secondary N) is 1. The zero-order valence-electron chi connectivity index (χ0n) is 14.3. The van der Waals surface area contributed by atoms with Gasteiger partial charge in [-0.2, -0.15) is 4.98 Å². The molecule has 2 aromatic heterocycles. The Labute approximate surface area is 147 Å². The minimum absolute atomic E-state index is 0.0187. The lowest BCUT2D eigenvalue weighted by molar-refractivity contribution is -0.140. The smallest absolute Gasteiger partial charge is 0.228 e. The first kappa shape index (κ1) is 16.6. The van der Waals surface area contributed by atoms with E-state index in [-0.39, 0.29) is 5.60 Å². The van der Waals surface area contributed by atoms with Gasteiger partial charge >= 0.3 is 0 Å². The van der Waals surface area contributed by atoms with Gasteiger partial charge in [-0.1, -0.05) is 11.2 Å². The molecule has 4 heterocycles. The Morgan fingerprint density at radius 1 is 1.20 bits per heavy atom.